The van der Waals surface area contributed by atoms with Crippen molar-refractivity contribution >= 4 is 0 Å². The number of benzene rings is 1. The van der Waals surface area contributed by atoms with Crippen LogP contribution in [-0.4, -0.2) is 31.1 Å². The molecule has 0 bridgehead atoms. The molecule has 1 heterocycles. The molecule has 2 nitrogen and oxygen atoms in total. The smallest absolute Gasteiger partial charge is 0.0332 e. The molecule has 21 heavy (non-hydrogen) atoms. The Morgan fingerprint density at radius 3 is 2.19 bits per heavy atom. The molecule has 1 aliphatic heterocycles. The van der Waals surface area contributed by atoms with E-state index in [0.29, 0.717) is 6.04 Å². The van der Waals surface area contributed by atoms with E-state index in [1.54, 1.807) is 0 Å². The molecule has 2 rings (SSSR count). The van der Waals surface area contributed by atoms with E-state index in [1.807, 2.05) is 0 Å². The van der Waals surface area contributed by atoms with Gasteiger partial charge >= 0.3 is 0 Å². The topological polar surface area (TPSA) is 15.3 Å². The van der Waals surface area contributed by atoms with Crippen LogP contribution in [0.4, 0.5) is 0 Å². The van der Waals surface area contributed by atoms with Gasteiger partial charge in [0.2, 0.25) is 0 Å². The normalized spacial score (nSPS) is 24.4. The van der Waals surface area contributed by atoms with Crippen LogP contribution in [0, 0.1) is 25.7 Å². The molecule has 0 spiro atoms. The maximum Gasteiger partial charge on any atom is 0.0332 e. The number of aryl methyl sites for hydroxylation is 2. The van der Waals surface area contributed by atoms with E-state index in [1.165, 1.54) is 42.7 Å². The lowest BCUT2D eigenvalue weighted by Gasteiger charge is -2.23. The van der Waals surface area contributed by atoms with Crippen molar-refractivity contribution in [3.8, 4) is 0 Å². The first-order valence-electron chi connectivity index (χ1n) is 8.53. The Bertz CT molecular complexity index is 425. The fourth-order valence-electron chi connectivity index (χ4n) is 3.59. The van der Waals surface area contributed by atoms with Gasteiger partial charge in [-0.25, -0.2) is 0 Å². The maximum absolute atomic E-state index is 3.67. The summed E-state index contributed by atoms with van der Waals surface area (Å²) in [4.78, 5) is 2.64. The average Bonchev–Trinajstić information content (AvgIpc) is 2.72. The highest BCUT2D eigenvalue weighted by Crippen LogP contribution is 2.25. The van der Waals surface area contributed by atoms with E-state index < -0.39 is 0 Å². The van der Waals surface area contributed by atoms with Gasteiger partial charge in [0.05, 0.1) is 0 Å². The molecular weight excluding hydrogens is 256 g/mol. The largest absolute Gasteiger partial charge is 0.310 e. The molecule has 1 aromatic rings. The molecule has 1 aliphatic rings. The summed E-state index contributed by atoms with van der Waals surface area (Å²) in [5.74, 6) is 1.70. The van der Waals surface area contributed by atoms with Crippen molar-refractivity contribution in [2.75, 3.05) is 26.2 Å². The average molecular weight is 288 g/mol. The van der Waals surface area contributed by atoms with E-state index >= 15 is 0 Å². The summed E-state index contributed by atoms with van der Waals surface area (Å²) in [6, 6.07) is 7.43. The second-order valence-electron chi connectivity index (χ2n) is 7.03. The summed E-state index contributed by atoms with van der Waals surface area (Å²) in [5, 5.41) is 3.67. The van der Waals surface area contributed by atoms with Gasteiger partial charge in [0.1, 0.15) is 0 Å². The van der Waals surface area contributed by atoms with Crippen LogP contribution in [0.5, 0.6) is 0 Å². The van der Waals surface area contributed by atoms with Gasteiger partial charge in [0, 0.05) is 19.1 Å². The summed E-state index contributed by atoms with van der Waals surface area (Å²) in [7, 11) is 0. The summed E-state index contributed by atoms with van der Waals surface area (Å²) in [6.45, 7) is 16.2. The summed E-state index contributed by atoms with van der Waals surface area (Å²) in [6.07, 6.45) is 1.20. The molecule has 0 saturated carbocycles. The zero-order chi connectivity index (χ0) is 15.4. The van der Waals surface area contributed by atoms with E-state index in [-0.39, 0.29) is 0 Å². The van der Waals surface area contributed by atoms with Gasteiger partial charge in [-0.05, 0) is 50.8 Å². The minimum absolute atomic E-state index is 0.486. The Morgan fingerprint density at radius 2 is 1.67 bits per heavy atom. The minimum Gasteiger partial charge on any atom is -0.310 e. The number of hydrogen-bond donors (Lipinski definition) is 1. The van der Waals surface area contributed by atoms with Crippen LogP contribution in [0.2, 0.25) is 0 Å². The molecule has 0 radical (unpaired) electrons. The molecule has 3 atom stereocenters. The van der Waals surface area contributed by atoms with Crippen LogP contribution in [0.15, 0.2) is 18.2 Å². The molecule has 0 aliphatic carbocycles. The number of nitrogens with zero attached hydrogens (tertiary/aromatic N) is 1. The number of hydrogen-bond acceptors (Lipinski definition) is 2. The van der Waals surface area contributed by atoms with Crippen molar-refractivity contribution < 1.29 is 0 Å². The van der Waals surface area contributed by atoms with Crippen LogP contribution in [0.25, 0.3) is 0 Å². The Hall–Kier alpha value is -0.860. The minimum atomic E-state index is 0.486. The van der Waals surface area contributed by atoms with Crippen LogP contribution >= 0.6 is 0 Å². The van der Waals surface area contributed by atoms with Gasteiger partial charge in [-0.1, -0.05) is 50.1 Å². The van der Waals surface area contributed by atoms with Gasteiger partial charge in [0.15, 0.2) is 0 Å². The van der Waals surface area contributed by atoms with Crippen LogP contribution in [0.3, 0.4) is 0 Å². The highest BCUT2D eigenvalue weighted by Gasteiger charge is 2.26. The molecule has 2 heteroatoms. The third-order valence-electron chi connectivity index (χ3n) is 4.89. The third kappa shape index (κ3) is 4.55. The first kappa shape index (κ1) is 16.5. The predicted octanol–water partition coefficient (Wildman–Crippen LogP) is 3.93. The van der Waals surface area contributed by atoms with E-state index in [0.717, 1.165) is 18.4 Å². The standard InChI is InChI=1S/C19H32N2/c1-6-20-19(18-10-14(2)9-15(3)11-18)7-8-21-12-16(4)17(5)13-21/h9-11,16-17,19-20H,6-8,12-13H2,1-5H3. The molecule has 1 N–H and O–H groups in total. The maximum atomic E-state index is 3.67. The third-order valence-corrected chi connectivity index (χ3v) is 4.89. The van der Waals surface area contributed by atoms with Gasteiger partial charge in [-0.3, -0.25) is 0 Å². The molecule has 1 aromatic carbocycles. The SMILES string of the molecule is CCNC(CCN1CC(C)C(C)C1)c1cc(C)cc(C)c1. The zero-order valence-electron chi connectivity index (χ0n) is 14.4. The Morgan fingerprint density at radius 1 is 1.10 bits per heavy atom. The van der Waals surface area contributed by atoms with Gasteiger partial charge < -0.3 is 10.2 Å². The molecule has 3 unspecified atom stereocenters. The summed E-state index contributed by atoms with van der Waals surface area (Å²) >= 11 is 0. The van der Waals surface area contributed by atoms with E-state index in [2.05, 4.69) is 63.0 Å². The Labute approximate surface area is 130 Å². The van der Waals surface area contributed by atoms with E-state index in [4.69, 9.17) is 0 Å². The fourth-order valence-corrected chi connectivity index (χ4v) is 3.59. The lowest BCUT2D eigenvalue weighted by Crippen LogP contribution is -2.28. The second-order valence-corrected chi connectivity index (χ2v) is 7.03. The summed E-state index contributed by atoms with van der Waals surface area (Å²) < 4.78 is 0. The number of likely N-dealkylation sites (tertiary alicyclic amines) is 1. The van der Waals surface area contributed by atoms with Gasteiger partial charge in [0.25, 0.3) is 0 Å². The monoisotopic (exact) mass is 288 g/mol. The molecule has 1 fully saturated rings. The zero-order valence-corrected chi connectivity index (χ0v) is 14.4. The molecule has 0 amide bonds. The fraction of sp³-hybridized carbons (Fsp3) is 0.684. The Balaban J connectivity index is 1.99. The molecule has 0 aromatic heterocycles. The molecular formula is C19H32N2. The number of nitrogens with one attached hydrogen (secondary N) is 1. The number of rotatable bonds is 6. The van der Waals surface area contributed by atoms with Gasteiger partial charge in [-0.15, -0.1) is 0 Å². The van der Waals surface area contributed by atoms with Crippen molar-refractivity contribution in [3.05, 3.63) is 34.9 Å². The Kier molecular flexibility index (Phi) is 5.83. The van der Waals surface area contributed by atoms with Gasteiger partial charge in [-0.2, -0.15) is 0 Å². The highest BCUT2D eigenvalue weighted by molar-refractivity contribution is 5.30. The van der Waals surface area contributed by atoms with Crippen molar-refractivity contribution in [2.24, 2.45) is 11.8 Å². The predicted molar refractivity (Wildman–Crippen MR) is 91.7 cm³/mol. The van der Waals surface area contributed by atoms with Crippen LogP contribution in [0.1, 0.15) is 49.9 Å². The molecule has 118 valence electrons. The van der Waals surface area contributed by atoms with Crippen molar-refractivity contribution in [1.82, 2.24) is 10.2 Å². The molecule has 1 saturated heterocycles. The second kappa shape index (κ2) is 7.42. The first-order valence-corrected chi connectivity index (χ1v) is 8.53. The van der Waals surface area contributed by atoms with Crippen molar-refractivity contribution in [3.63, 3.8) is 0 Å². The lowest BCUT2D eigenvalue weighted by molar-refractivity contribution is 0.299. The van der Waals surface area contributed by atoms with E-state index in [9.17, 15) is 0 Å². The first-order chi connectivity index (χ1) is 9.99. The summed E-state index contributed by atoms with van der Waals surface area (Å²) in [5.41, 5.74) is 4.20. The van der Waals surface area contributed by atoms with Crippen LogP contribution in [-0.2, 0) is 0 Å². The van der Waals surface area contributed by atoms with Crippen LogP contribution < -0.4 is 5.32 Å². The quantitative estimate of drug-likeness (QED) is 0.853. The highest BCUT2D eigenvalue weighted by atomic mass is 15.2. The van der Waals surface area contributed by atoms with Crippen molar-refractivity contribution in [2.45, 2.75) is 47.1 Å². The van der Waals surface area contributed by atoms with Crippen molar-refractivity contribution in [1.29, 1.82) is 0 Å². The lowest BCUT2D eigenvalue weighted by atomic mass is 9.99.